The van der Waals surface area contributed by atoms with E-state index in [9.17, 15) is 57.5 Å². The minimum Gasteiger partial charge on any atom is -0.460 e. The molecular formula is C90H102N6O24. The van der Waals surface area contributed by atoms with Crippen molar-refractivity contribution in [2.24, 2.45) is 0 Å². The number of aryl methyl sites for hydroxylation is 6. The van der Waals surface area contributed by atoms with Gasteiger partial charge in [-0.15, -0.1) is 0 Å². The van der Waals surface area contributed by atoms with Crippen LogP contribution in [0.4, 0.5) is 28.8 Å². The maximum Gasteiger partial charge on any atom is 0.412 e. The van der Waals surface area contributed by atoms with Crippen LogP contribution in [0, 0.1) is 41.5 Å². The first-order valence-electron chi connectivity index (χ1n) is 38.3. The molecule has 120 heavy (non-hydrogen) atoms. The number of rotatable bonds is 30. The van der Waals surface area contributed by atoms with Gasteiger partial charge in [0.05, 0.1) is 39.3 Å². The number of esters is 6. The Bertz CT molecular complexity index is 4130. The zero-order valence-corrected chi connectivity index (χ0v) is 69.7. The van der Waals surface area contributed by atoms with Gasteiger partial charge in [0, 0.05) is 139 Å². The van der Waals surface area contributed by atoms with Crippen LogP contribution in [0.3, 0.4) is 0 Å². The van der Waals surface area contributed by atoms with E-state index in [0.717, 1.165) is 0 Å². The van der Waals surface area contributed by atoms with E-state index < -0.39 is 72.4 Å². The van der Waals surface area contributed by atoms with Gasteiger partial charge in [0.15, 0.2) is 0 Å². The molecule has 30 nitrogen and oxygen atoms in total. The van der Waals surface area contributed by atoms with Crippen molar-refractivity contribution in [2.75, 3.05) is 78.9 Å². The number of nitrogens with one attached hydrogen (secondary N) is 6. The minimum atomic E-state index is -1.01. The van der Waals surface area contributed by atoms with E-state index in [1.165, 1.54) is 41.5 Å². The summed E-state index contributed by atoms with van der Waals surface area (Å²) in [7, 11) is 0. The first kappa shape index (κ1) is 93.4. The van der Waals surface area contributed by atoms with Gasteiger partial charge in [-0.1, -0.05) is 146 Å². The average Bonchev–Trinajstić information content (AvgIpc) is 0.778. The van der Waals surface area contributed by atoms with Crippen molar-refractivity contribution < 1.29 is 114 Å². The van der Waals surface area contributed by atoms with Crippen molar-refractivity contribution in [2.45, 2.75) is 122 Å². The molecule has 636 valence electrons. The molecule has 1 aliphatic carbocycles. The largest absolute Gasteiger partial charge is 0.460 e. The Balaban J connectivity index is 1.60. The molecule has 0 spiro atoms. The van der Waals surface area contributed by atoms with Gasteiger partial charge in [-0.25, -0.2) is 57.5 Å². The lowest BCUT2D eigenvalue weighted by atomic mass is 9.88. The summed E-state index contributed by atoms with van der Waals surface area (Å²) in [5.41, 5.74) is 8.14. The molecule has 6 N–H and O–H groups in total. The molecule has 12 bridgehead atoms. The third-order valence-electron chi connectivity index (χ3n) is 17.5. The van der Waals surface area contributed by atoms with E-state index in [1.807, 2.05) is 0 Å². The number of carbonyl (C=O) groups excluding carboxylic acids is 12. The molecule has 0 unspecified atom stereocenters. The van der Waals surface area contributed by atoms with Crippen LogP contribution < -0.4 is 60.3 Å². The summed E-state index contributed by atoms with van der Waals surface area (Å²) in [4.78, 5) is 162. The highest BCUT2D eigenvalue weighted by atomic mass is 16.6. The number of amides is 6. The number of hydrogen-bond donors (Lipinski definition) is 6. The Morgan fingerprint density at radius 2 is 0.333 bits per heavy atom. The van der Waals surface area contributed by atoms with E-state index in [-0.39, 0.29) is 185 Å². The van der Waals surface area contributed by atoms with E-state index in [0.29, 0.717) is 100 Å². The van der Waals surface area contributed by atoms with Crippen LogP contribution in [0.1, 0.15) is 142 Å². The van der Waals surface area contributed by atoms with E-state index in [2.05, 4.69) is 71.4 Å². The third kappa shape index (κ3) is 28.8. The molecule has 6 aromatic rings. The van der Waals surface area contributed by atoms with Crippen molar-refractivity contribution in [1.29, 1.82) is 0 Å². The van der Waals surface area contributed by atoms with Gasteiger partial charge in [0.25, 0.3) is 0 Å². The zero-order chi connectivity index (χ0) is 88.2. The van der Waals surface area contributed by atoms with E-state index in [1.54, 1.807) is 114 Å². The quantitative estimate of drug-likeness (QED) is 0.0105. The highest BCUT2D eigenvalue weighted by Gasteiger charge is 2.30. The van der Waals surface area contributed by atoms with Crippen LogP contribution in [-0.4, -0.2) is 151 Å². The smallest absolute Gasteiger partial charge is 0.412 e. The molecule has 1 aliphatic rings. The summed E-state index contributed by atoms with van der Waals surface area (Å²) >= 11 is 0. The highest BCUT2D eigenvalue weighted by molar-refractivity contribution is 5.90. The molecule has 6 aromatic carbocycles. The lowest BCUT2D eigenvalue weighted by molar-refractivity contribution is -0.139. The van der Waals surface area contributed by atoms with Gasteiger partial charge >= 0.3 is 72.4 Å². The molecule has 0 aliphatic heterocycles. The SMILES string of the molecule is C=C(C)C(=O)OCCNC(=O)Oc1c2cc(C)cc1Cc1cc(C)cc(c1OC(=O)NCCOC(=O)C(=C)C)Cc1cc(C)cc(c1OC(=O)NCCOC(=O)C(=C)C)Cc1cc(C)cc(c1OC(=O)NCCOC(=O)C(=C)C)Cc1cc(C)cc(c1OC(=O)NCCOC(=O)C(=C)C)Cc1cc(C)cc(c1OC(=O)NCCOC(=O)C(=C)C)C2. The Kier molecular flexibility index (Phi) is 34.6. The fourth-order valence-corrected chi connectivity index (χ4v) is 12.5. The Morgan fingerprint density at radius 1 is 0.225 bits per heavy atom. The third-order valence-corrected chi connectivity index (χ3v) is 17.5. The summed E-state index contributed by atoms with van der Waals surface area (Å²) in [6.07, 6.45) is -7.23. The van der Waals surface area contributed by atoms with E-state index in [4.69, 9.17) is 56.8 Å². The molecule has 0 fully saturated rings. The highest BCUT2D eigenvalue weighted by Crippen LogP contribution is 2.43. The zero-order valence-electron chi connectivity index (χ0n) is 69.7. The summed E-state index contributed by atoms with van der Waals surface area (Å²) in [5, 5.41) is 15.9. The van der Waals surface area contributed by atoms with Crippen LogP contribution in [0.2, 0.25) is 0 Å². The van der Waals surface area contributed by atoms with Crippen LogP contribution in [0.25, 0.3) is 0 Å². The normalized spacial score (nSPS) is 11.3. The summed E-state index contributed by atoms with van der Waals surface area (Å²) in [6, 6.07) is 21.0. The van der Waals surface area contributed by atoms with Crippen LogP contribution >= 0.6 is 0 Å². The topological polar surface area (TPSA) is 388 Å². The number of benzene rings is 6. The molecule has 0 saturated carbocycles. The average molecular weight is 1650 g/mol. The summed E-state index contributed by atoms with van der Waals surface area (Å²) < 4.78 is 70.4. The van der Waals surface area contributed by atoms with Gasteiger partial charge in [0.2, 0.25) is 0 Å². The maximum absolute atomic E-state index is 14.5. The van der Waals surface area contributed by atoms with Crippen LogP contribution in [0.5, 0.6) is 34.5 Å². The van der Waals surface area contributed by atoms with Crippen molar-refractivity contribution in [3.63, 3.8) is 0 Å². The van der Waals surface area contributed by atoms with Gasteiger partial charge in [-0.05, 0) is 83.1 Å². The second-order valence-electron chi connectivity index (χ2n) is 28.9. The van der Waals surface area contributed by atoms with Gasteiger partial charge in [-0.3, -0.25) is 0 Å². The molecular weight excluding hydrogens is 1550 g/mol. The molecule has 7 rings (SSSR count). The van der Waals surface area contributed by atoms with Crippen molar-refractivity contribution in [3.8, 4) is 34.5 Å². The fraction of sp³-hybridized carbons (Fsp3) is 0.333. The summed E-state index contributed by atoms with van der Waals surface area (Å²) in [6.45, 7) is 38.2. The Hall–Kier alpha value is -13.8. The lowest BCUT2D eigenvalue weighted by Crippen LogP contribution is -2.32. The molecule has 0 heterocycles. The Morgan fingerprint density at radius 3 is 0.433 bits per heavy atom. The summed E-state index contributed by atoms with van der Waals surface area (Å²) in [5.74, 6) is -4.47. The molecule has 0 atom stereocenters. The molecule has 6 amide bonds. The molecule has 30 heteroatoms. The van der Waals surface area contributed by atoms with Crippen molar-refractivity contribution >= 4 is 72.4 Å². The van der Waals surface area contributed by atoms with Crippen molar-refractivity contribution in [1.82, 2.24) is 31.9 Å². The monoisotopic (exact) mass is 1650 g/mol. The van der Waals surface area contributed by atoms with Crippen molar-refractivity contribution in [3.05, 3.63) is 246 Å². The predicted molar refractivity (Wildman–Crippen MR) is 443 cm³/mol. The van der Waals surface area contributed by atoms with E-state index >= 15 is 0 Å². The first-order valence-corrected chi connectivity index (χ1v) is 38.3. The number of carbonyl (C=O) groups is 12. The molecule has 0 saturated heterocycles. The molecule has 0 radical (unpaired) electrons. The van der Waals surface area contributed by atoms with Gasteiger partial charge in [0.1, 0.15) is 74.1 Å². The second kappa shape index (κ2) is 44.5. The minimum absolute atomic E-state index is 0.0377. The van der Waals surface area contributed by atoms with Crippen LogP contribution in [0.15, 0.2) is 146 Å². The number of fused-ring (bicyclic) bond motifs is 12. The predicted octanol–water partition coefficient (Wildman–Crippen LogP) is 12.6. The first-order chi connectivity index (χ1) is 56.8. The van der Waals surface area contributed by atoms with Crippen LogP contribution in [-0.2, 0) is 95.7 Å². The molecule has 0 aromatic heterocycles. The number of ether oxygens (including phenoxy) is 12. The standard InChI is InChI=1S/C90H102N6O24/c1-49(2)79(97)109-25-19-91-85(103)115-73-61-31-55(13)32-62(73)44-64-34-57(15)36-66(75(64)117-87(105)93-21-27-111-81(99)51(5)6)46-68-38-59(17)40-70(77(68)119-89(107)95-23-29-113-83(101)53(9)10)48-72-42-60(18)41-71(78(72)120-90(108)96-24-30-114-84(102)54(11)12)47-69-39-58(16)37-67(76(69)118-88(106)94-22-28-112-82(100)52(7)8)45-65-35-56(14)33-63(43-61)74(65)116-86(104)92-20-26-110-80(98)50(3)4/h31-42H,1,3,5,7,9,11,19-30,43-48H2,2,4,6,8,10,12-18H3,(H,91,103)(H,92,104)(H,93,105)(H,94,106)(H,95,107)(H,96,108). The van der Waals surface area contributed by atoms with Gasteiger partial charge < -0.3 is 88.7 Å². The van der Waals surface area contributed by atoms with Gasteiger partial charge in [-0.2, -0.15) is 0 Å². The second-order valence-corrected chi connectivity index (χ2v) is 28.9. The lowest BCUT2D eigenvalue weighted by Gasteiger charge is -2.23. The Labute approximate surface area is 696 Å². The fourth-order valence-electron chi connectivity index (χ4n) is 12.5. The maximum atomic E-state index is 14.5. The number of hydrogen-bond acceptors (Lipinski definition) is 24.